The lowest BCUT2D eigenvalue weighted by Crippen LogP contribution is -2.11. The van der Waals surface area contributed by atoms with E-state index in [0.29, 0.717) is 27.4 Å². The molecule has 0 radical (unpaired) electrons. The predicted molar refractivity (Wildman–Crippen MR) is 143 cm³/mol. The van der Waals surface area contributed by atoms with Crippen LogP contribution in [0.1, 0.15) is 39.9 Å². The second kappa shape index (κ2) is 12.4. The van der Waals surface area contributed by atoms with Crippen LogP contribution in [0.15, 0.2) is 61.3 Å². The van der Waals surface area contributed by atoms with Gasteiger partial charge in [-0.15, -0.1) is 0 Å². The monoisotopic (exact) mass is 580 g/mol. The number of pyridine rings is 2. The van der Waals surface area contributed by atoms with Gasteiger partial charge in [-0.25, -0.2) is 29.9 Å². The van der Waals surface area contributed by atoms with Crippen molar-refractivity contribution in [1.29, 1.82) is 0 Å². The van der Waals surface area contributed by atoms with Gasteiger partial charge in [-0.2, -0.15) is 13.2 Å². The Kier molecular flexibility index (Phi) is 8.80. The summed E-state index contributed by atoms with van der Waals surface area (Å²) in [7, 11) is 0. The molecule has 0 spiro atoms. The van der Waals surface area contributed by atoms with Gasteiger partial charge in [0.1, 0.15) is 39.0 Å². The highest BCUT2D eigenvalue weighted by atomic mass is 35.5. The number of nitrogens with zero attached hydrogens (tertiary/aromatic N) is 7. The average Bonchev–Trinajstić information content (AvgIpc) is 3.51. The molecule has 8 nitrogen and oxygen atoms in total. The number of aromatic nitrogens is 8. The molecule has 5 rings (SSSR count). The second-order valence-electron chi connectivity index (χ2n) is 7.90. The summed E-state index contributed by atoms with van der Waals surface area (Å²) < 4.78 is 39.7. The molecule has 5 heterocycles. The van der Waals surface area contributed by atoms with Crippen LogP contribution in [0.25, 0.3) is 5.95 Å². The van der Waals surface area contributed by atoms with Crippen LogP contribution in [0.2, 0.25) is 10.3 Å². The fraction of sp³-hybridized carbons (Fsp3) is 0.111. The Hall–Kier alpha value is -4.71. The third kappa shape index (κ3) is 7.90. The lowest BCUT2D eigenvalue weighted by molar-refractivity contribution is -0.141. The minimum atomic E-state index is -4.55. The molecule has 5 aromatic rings. The third-order valence-corrected chi connectivity index (χ3v) is 5.28. The van der Waals surface area contributed by atoms with E-state index in [1.54, 1.807) is 37.5 Å². The zero-order valence-electron chi connectivity index (χ0n) is 20.8. The van der Waals surface area contributed by atoms with Crippen LogP contribution < -0.4 is 0 Å². The van der Waals surface area contributed by atoms with Crippen molar-refractivity contribution in [3.05, 3.63) is 111 Å². The highest BCUT2D eigenvalue weighted by Crippen LogP contribution is 2.27. The Morgan fingerprint density at radius 1 is 0.800 bits per heavy atom. The van der Waals surface area contributed by atoms with Crippen molar-refractivity contribution in [1.82, 2.24) is 39.5 Å². The number of aryl methyl sites for hydroxylation is 2. The number of rotatable bonds is 1. The minimum Gasteiger partial charge on any atom is -0.336 e. The minimum absolute atomic E-state index is 0.125. The summed E-state index contributed by atoms with van der Waals surface area (Å²) in [5.74, 6) is 12.7. The molecule has 0 saturated carbocycles. The number of halogens is 5. The first-order valence-electron chi connectivity index (χ1n) is 11.3. The Morgan fingerprint density at radius 3 is 2.00 bits per heavy atom. The Balaban J connectivity index is 0.000000210. The number of hydrogen-bond acceptors (Lipinski definition) is 6. The smallest absolute Gasteiger partial charge is 0.336 e. The normalized spacial score (nSPS) is 10.5. The maximum Gasteiger partial charge on any atom is 0.433 e. The molecule has 0 atom stereocenters. The fourth-order valence-corrected chi connectivity index (χ4v) is 3.43. The SMILES string of the molecule is Cc1nc(C#Cc2ccnc(Cl)c2)cn1-c1nccc(C(F)(F)F)n1.Cc1ncc(C#Cc2ccnc(Cl)c2)[nH]1. The first-order valence-corrected chi connectivity index (χ1v) is 12.1. The summed E-state index contributed by atoms with van der Waals surface area (Å²) in [6.07, 6.45) is 2.83. The van der Waals surface area contributed by atoms with Crippen molar-refractivity contribution < 1.29 is 13.2 Å². The van der Waals surface area contributed by atoms with Crippen molar-refractivity contribution in [2.75, 3.05) is 0 Å². The number of imidazole rings is 2. The van der Waals surface area contributed by atoms with E-state index in [9.17, 15) is 13.2 Å². The molecule has 0 unspecified atom stereocenters. The van der Waals surface area contributed by atoms with Crippen molar-refractivity contribution in [2.45, 2.75) is 20.0 Å². The number of nitrogens with one attached hydrogen (secondary N) is 1. The largest absolute Gasteiger partial charge is 0.433 e. The van der Waals surface area contributed by atoms with E-state index in [0.717, 1.165) is 29.3 Å². The van der Waals surface area contributed by atoms with E-state index in [2.05, 4.69) is 58.6 Å². The lowest BCUT2D eigenvalue weighted by Gasteiger charge is -2.07. The predicted octanol–water partition coefficient (Wildman–Crippen LogP) is 5.60. The van der Waals surface area contributed by atoms with Gasteiger partial charge in [-0.3, -0.25) is 4.57 Å². The van der Waals surface area contributed by atoms with E-state index in [4.69, 9.17) is 23.2 Å². The number of aromatic amines is 1. The Labute approximate surface area is 236 Å². The number of alkyl halides is 3. The van der Waals surface area contributed by atoms with Crippen LogP contribution in [-0.2, 0) is 6.18 Å². The molecule has 0 aliphatic heterocycles. The van der Waals surface area contributed by atoms with Crippen LogP contribution in [0.4, 0.5) is 13.2 Å². The molecule has 0 saturated heterocycles. The van der Waals surface area contributed by atoms with Gasteiger partial charge in [0.25, 0.3) is 0 Å². The summed E-state index contributed by atoms with van der Waals surface area (Å²) in [5, 5.41) is 0.758. The molecule has 13 heteroatoms. The van der Waals surface area contributed by atoms with Crippen molar-refractivity contribution in [3.63, 3.8) is 0 Å². The number of hydrogen-bond donors (Lipinski definition) is 1. The molecule has 0 bridgehead atoms. The highest BCUT2D eigenvalue weighted by molar-refractivity contribution is 6.29. The van der Waals surface area contributed by atoms with E-state index in [1.165, 1.54) is 17.0 Å². The van der Waals surface area contributed by atoms with Crippen LogP contribution in [0.5, 0.6) is 0 Å². The molecule has 5 aromatic heterocycles. The topological polar surface area (TPSA) is 98.1 Å². The summed E-state index contributed by atoms with van der Waals surface area (Å²) in [6, 6.07) is 7.61. The summed E-state index contributed by atoms with van der Waals surface area (Å²) >= 11 is 11.5. The Bertz CT molecular complexity index is 1770. The first kappa shape index (κ1) is 28.3. The maximum atomic E-state index is 12.8. The van der Waals surface area contributed by atoms with Gasteiger partial charge in [0, 0.05) is 35.9 Å². The third-order valence-electron chi connectivity index (χ3n) is 4.86. The molecule has 0 fully saturated rings. The molecule has 0 aliphatic rings. The summed E-state index contributed by atoms with van der Waals surface area (Å²) in [4.78, 5) is 26.4. The van der Waals surface area contributed by atoms with E-state index < -0.39 is 11.9 Å². The van der Waals surface area contributed by atoms with Crippen LogP contribution >= 0.6 is 23.2 Å². The highest BCUT2D eigenvalue weighted by Gasteiger charge is 2.33. The molecule has 0 aliphatic carbocycles. The van der Waals surface area contributed by atoms with Gasteiger partial charge >= 0.3 is 6.18 Å². The molecular weight excluding hydrogens is 564 g/mol. The summed E-state index contributed by atoms with van der Waals surface area (Å²) in [5.41, 5.74) is 1.61. The maximum absolute atomic E-state index is 12.8. The van der Waals surface area contributed by atoms with Crippen LogP contribution in [0, 0.1) is 37.5 Å². The fourth-order valence-electron chi connectivity index (χ4n) is 3.08. The molecule has 1 N–H and O–H groups in total. The molecule has 40 heavy (non-hydrogen) atoms. The first-order chi connectivity index (χ1) is 19.1. The van der Waals surface area contributed by atoms with Crippen LogP contribution in [-0.4, -0.2) is 39.5 Å². The Morgan fingerprint density at radius 2 is 1.43 bits per heavy atom. The van der Waals surface area contributed by atoms with Gasteiger partial charge < -0.3 is 4.98 Å². The van der Waals surface area contributed by atoms with Crippen molar-refractivity contribution >= 4 is 23.2 Å². The quantitative estimate of drug-likeness (QED) is 0.204. The number of H-pyrrole nitrogens is 1. The van der Waals surface area contributed by atoms with E-state index in [-0.39, 0.29) is 5.95 Å². The van der Waals surface area contributed by atoms with E-state index in [1.807, 2.05) is 13.0 Å². The van der Waals surface area contributed by atoms with Gasteiger partial charge in [0.2, 0.25) is 5.95 Å². The zero-order valence-corrected chi connectivity index (χ0v) is 22.3. The van der Waals surface area contributed by atoms with Gasteiger partial charge in [-0.05, 0) is 56.0 Å². The summed E-state index contributed by atoms with van der Waals surface area (Å²) in [6.45, 7) is 3.51. The van der Waals surface area contributed by atoms with Crippen molar-refractivity contribution in [3.8, 4) is 29.6 Å². The van der Waals surface area contributed by atoms with Crippen LogP contribution in [0.3, 0.4) is 0 Å². The van der Waals surface area contributed by atoms with E-state index >= 15 is 0 Å². The zero-order chi connectivity index (χ0) is 28.7. The van der Waals surface area contributed by atoms with Gasteiger partial charge in [-0.1, -0.05) is 35.0 Å². The molecule has 0 aromatic carbocycles. The van der Waals surface area contributed by atoms with Crippen molar-refractivity contribution in [2.24, 2.45) is 0 Å². The average molecular weight is 581 g/mol. The molecular formula is C27H17Cl2F3N8. The van der Waals surface area contributed by atoms with Gasteiger partial charge in [0.15, 0.2) is 0 Å². The molecule has 0 amide bonds. The standard InChI is InChI=1S/C16H9ClF3N5.C11H8ClN3/c1-10-23-12(3-2-11-4-6-21-14(17)8-11)9-25(10)15-22-7-5-13(24-15)16(18,19)20;1-8-14-7-10(15-8)3-2-9-4-5-13-11(12)6-9/h4-9H,1H3;4-7H,1H3,(H,14,15). The molecule has 200 valence electrons. The lowest BCUT2D eigenvalue weighted by atomic mass is 10.3. The van der Waals surface area contributed by atoms with Gasteiger partial charge in [0.05, 0.1) is 6.20 Å². The second-order valence-corrected chi connectivity index (χ2v) is 8.67.